The second kappa shape index (κ2) is 14.3. The number of nitrogens with zero attached hydrogens (tertiary/aromatic N) is 4. The lowest BCUT2D eigenvalue weighted by Crippen LogP contribution is -2.44. The van der Waals surface area contributed by atoms with Crippen molar-refractivity contribution in [3.8, 4) is 5.75 Å². The Labute approximate surface area is 265 Å². The van der Waals surface area contributed by atoms with Gasteiger partial charge in [-0.05, 0) is 52.7 Å². The van der Waals surface area contributed by atoms with Crippen LogP contribution in [0.4, 0.5) is 11.8 Å². The molecule has 0 radical (unpaired) electrons. The van der Waals surface area contributed by atoms with E-state index >= 15 is 0 Å². The number of hydrogen-bond donors (Lipinski definition) is 5. The first-order valence-corrected chi connectivity index (χ1v) is 16.2. The van der Waals surface area contributed by atoms with Gasteiger partial charge in [-0.15, -0.1) is 0 Å². The Morgan fingerprint density at radius 1 is 1.22 bits per heavy atom. The summed E-state index contributed by atoms with van der Waals surface area (Å²) in [6, 6.07) is 5.40. The quantitative estimate of drug-likeness (QED) is 0.121. The lowest BCUT2D eigenvalue weighted by atomic mass is 9.96. The van der Waals surface area contributed by atoms with Gasteiger partial charge >= 0.3 is 19.7 Å². The zero-order chi connectivity index (χ0) is 33.8. The van der Waals surface area contributed by atoms with Crippen LogP contribution in [0.2, 0.25) is 0 Å². The number of imidazole rings is 1. The van der Waals surface area contributed by atoms with Crippen molar-refractivity contribution < 1.29 is 47.6 Å². The van der Waals surface area contributed by atoms with E-state index in [1.54, 1.807) is 39.0 Å². The predicted octanol–water partition coefficient (Wildman–Crippen LogP) is 1.63. The number of hydrogen-bond acceptors (Lipinski definition) is 15. The van der Waals surface area contributed by atoms with E-state index < -0.39 is 62.5 Å². The summed E-state index contributed by atoms with van der Waals surface area (Å²) >= 11 is 0. The lowest BCUT2D eigenvalue weighted by Gasteiger charge is -2.27. The summed E-state index contributed by atoms with van der Waals surface area (Å²) in [5, 5.41) is 25.0. The molecule has 7 N–H and O–H groups in total. The molecule has 3 aromatic rings. The number of rotatable bonds is 14. The van der Waals surface area contributed by atoms with E-state index in [1.165, 1.54) is 30.8 Å². The van der Waals surface area contributed by atoms with Crippen molar-refractivity contribution in [1.29, 1.82) is 0 Å². The minimum Gasteiger partial charge on any atom is -0.466 e. The second-order valence-corrected chi connectivity index (χ2v) is 12.8. The van der Waals surface area contributed by atoms with E-state index in [1.807, 2.05) is 0 Å². The molecule has 6 atom stereocenters. The molecule has 1 fully saturated rings. The van der Waals surface area contributed by atoms with Crippen molar-refractivity contribution in [2.45, 2.75) is 83.6 Å². The normalized spacial score (nSPS) is 23.3. The molecular formula is C28H40N7O10P. The van der Waals surface area contributed by atoms with E-state index in [9.17, 15) is 24.4 Å². The highest BCUT2D eigenvalue weighted by Crippen LogP contribution is 2.48. The molecule has 18 heteroatoms. The number of aliphatic hydroxyl groups excluding tert-OH is 1. The number of benzene rings is 1. The molecule has 0 spiro atoms. The van der Waals surface area contributed by atoms with Crippen LogP contribution in [-0.2, 0) is 39.3 Å². The maximum atomic E-state index is 14.2. The molecule has 0 bridgehead atoms. The maximum Gasteiger partial charge on any atom is 0.459 e. The Balaban J connectivity index is 1.58. The number of aryl methyl sites for hydroxylation is 1. The molecule has 0 aliphatic carbocycles. The summed E-state index contributed by atoms with van der Waals surface area (Å²) < 4.78 is 43.4. The minimum atomic E-state index is -4.45. The van der Waals surface area contributed by atoms with Crippen LogP contribution in [0.1, 0.15) is 52.8 Å². The van der Waals surface area contributed by atoms with Crippen LogP contribution >= 0.6 is 7.75 Å². The molecule has 1 aliphatic rings. The van der Waals surface area contributed by atoms with Crippen molar-refractivity contribution in [2.75, 3.05) is 24.7 Å². The van der Waals surface area contributed by atoms with Crippen molar-refractivity contribution in [1.82, 2.24) is 24.6 Å². The molecule has 252 valence electrons. The number of carbonyl (C=O) groups is 2. The van der Waals surface area contributed by atoms with Crippen LogP contribution in [-0.4, -0.2) is 84.8 Å². The van der Waals surface area contributed by atoms with E-state index in [-0.39, 0.29) is 48.1 Å². The number of aromatic nitrogens is 4. The van der Waals surface area contributed by atoms with Crippen LogP contribution in [0.3, 0.4) is 0 Å². The standard InChI is InChI=1S/C28H40N7O10P/c1-6-41-20(36)12-11-17-9-7-8-10-18(17)45-46(40,34-16(4)25(38)43-15(2)3)42-13-19-22(37)28(5,39)26(44-19)35-14-31-21-23(29)32-27(30)33-24(21)35/h7-10,14-16,19,22,26,37,39H,6,11-13H2,1-5H3,(H,34,40)(H4,29,30,32,33)/t16-,19+,22+,26+,28+,46-/m0/s1. The van der Waals surface area contributed by atoms with Crippen LogP contribution in [0.25, 0.3) is 11.2 Å². The van der Waals surface area contributed by atoms with E-state index in [0.717, 1.165) is 0 Å². The van der Waals surface area contributed by atoms with E-state index in [0.29, 0.717) is 5.56 Å². The monoisotopic (exact) mass is 665 g/mol. The molecule has 1 aromatic carbocycles. The van der Waals surface area contributed by atoms with Crippen LogP contribution in [0.15, 0.2) is 30.6 Å². The van der Waals surface area contributed by atoms with Gasteiger partial charge in [0.1, 0.15) is 35.1 Å². The zero-order valence-electron chi connectivity index (χ0n) is 26.2. The highest BCUT2D eigenvalue weighted by Gasteiger charge is 2.54. The van der Waals surface area contributed by atoms with Gasteiger partial charge in [0.25, 0.3) is 0 Å². The highest BCUT2D eigenvalue weighted by atomic mass is 31.2. The summed E-state index contributed by atoms with van der Waals surface area (Å²) in [5.41, 5.74) is 10.6. The van der Waals surface area contributed by atoms with Gasteiger partial charge in [-0.2, -0.15) is 15.1 Å². The number of anilines is 2. The van der Waals surface area contributed by atoms with E-state index in [4.69, 9.17) is 34.7 Å². The first-order chi connectivity index (χ1) is 21.6. The molecule has 1 saturated heterocycles. The summed E-state index contributed by atoms with van der Waals surface area (Å²) in [5.74, 6) is -1.15. The van der Waals surface area contributed by atoms with Gasteiger partial charge in [-0.1, -0.05) is 18.2 Å². The SMILES string of the molecule is CCOC(=O)CCc1ccccc1O[P@](=O)(N[C@@H](C)C(=O)OC(C)C)OC[C@H]1O[C@@H](n2cnc3c(N)nc(N)nc32)[C@](C)(O)[C@@H]1O. The van der Waals surface area contributed by atoms with Gasteiger partial charge < -0.3 is 40.4 Å². The highest BCUT2D eigenvalue weighted by molar-refractivity contribution is 7.52. The van der Waals surface area contributed by atoms with Gasteiger partial charge in [0.05, 0.1) is 25.6 Å². The van der Waals surface area contributed by atoms with Crippen LogP contribution in [0.5, 0.6) is 5.75 Å². The molecule has 2 aromatic heterocycles. The van der Waals surface area contributed by atoms with Gasteiger partial charge in [-0.25, -0.2) is 9.55 Å². The number of ether oxygens (including phenoxy) is 3. The Morgan fingerprint density at radius 3 is 2.63 bits per heavy atom. The molecule has 0 amide bonds. The summed E-state index contributed by atoms with van der Waals surface area (Å²) in [6.45, 7) is 7.43. The maximum absolute atomic E-state index is 14.2. The van der Waals surface area contributed by atoms with Crippen LogP contribution < -0.4 is 21.1 Å². The average Bonchev–Trinajstić information content (AvgIpc) is 3.48. The van der Waals surface area contributed by atoms with Gasteiger partial charge in [0.2, 0.25) is 5.95 Å². The molecule has 0 saturated carbocycles. The number of esters is 2. The van der Waals surface area contributed by atoms with Gasteiger partial charge in [-0.3, -0.25) is 18.7 Å². The van der Waals surface area contributed by atoms with Crippen molar-refractivity contribution in [3.63, 3.8) is 0 Å². The van der Waals surface area contributed by atoms with Crippen molar-refractivity contribution >= 4 is 42.6 Å². The Bertz CT molecular complexity index is 1600. The number of nitrogen functional groups attached to an aromatic ring is 2. The predicted molar refractivity (Wildman–Crippen MR) is 164 cm³/mol. The number of carbonyl (C=O) groups excluding carboxylic acids is 2. The largest absolute Gasteiger partial charge is 0.466 e. The third-order valence-electron chi connectivity index (χ3n) is 7.03. The third-order valence-corrected chi connectivity index (χ3v) is 8.66. The summed E-state index contributed by atoms with van der Waals surface area (Å²) in [6.07, 6.45) is -3.00. The molecule has 1 aliphatic heterocycles. The average molecular weight is 666 g/mol. The molecule has 3 heterocycles. The molecular weight excluding hydrogens is 625 g/mol. The number of nitrogens with one attached hydrogen (secondary N) is 1. The third kappa shape index (κ3) is 7.92. The Morgan fingerprint density at radius 2 is 1.93 bits per heavy atom. The van der Waals surface area contributed by atoms with Crippen molar-refractivity contribution in [2.24, 2.45) is 0 Å². The van der Waals surface area contributed by atoms with E-state index in [2.05, 4.69) is 20.0 Å². The zero-order valence-corrected chi connectivity index (χ0v) is 27.0. The molecule has 4 rings (SSSR count). The molecule has 17 nitrogen and oxygen atoms in total. The van der Waals surface area contributed by atoms with Gasteiger partial charge in [0.15, 0.2) is 17.7 Å². The Hall–Kier alpha value is -3.86. The van der Waals surface area contributed by atoms with Gasteiger partial charge in [0, 0.05) is 6.42 Å². The Kier molecular flexibility index (Phi) is 10.9. The number of aliphatic hydroxyl groups is 2. The number of nitrogens with two attached hydrogens (primary N) is 2. The molecule has 0 unspecified atom stereocenters. The topological polar surface area (TPSA) is 245 Å². The number of fused-ring (bicyclic) bond motifs is 1. The summed E-state index contributed by atoms with van der Waals surface area (Å²) in [7, 11) is -4.45. The lowest BCUT2D eigenvalue weighted by molar-refractivity contribution is -0.149. The first kappa shape index (κ1) is 35.0. The minimum absolute atomic E-state index is 0.0103. The fraction of sp³-hybridized carbons (Fsp3) is 0.536. The molecule has 46 heavy (non-hydrogen) atoms. The first-order valence-electron chi connectivity index (χ1n) is 14.6. The van der Waals surface area contributed by atoms with Crippen molar-refractivity contribution in [3.05, 3.63) is 36.2 Å². The fourth-order valence-electron chi connectivity index (χ4n) is 4.79. The van der Waals surface area contributed by atoms with Crippen LogP contribution in [0, 0.1) is 0 Å². The smallest absolute Gasteiger partial charge is 0.459 e. The number of para-hydroxylation sites is 1. The fourth-order valence-corrected chi connectivity index (χ4v) is 6.33. The second-order valence-electron chi connectivity index (χ2n) is 11.1. The summed E-state index contributed by atoms with van der Waals surface area (Å²) in [4.78, 5) is 36.8.